The minimum absolute atomic E-state index is 0.425. The number of anilines is 1. The topological polar surface area (TPSA) is 51.8 Å². The third-order valence-corrected chi connectivity index (χ3v) is 3.08. The molecule has 0 atom stereocenters. The lowest BCUT2D eigenvalue weighted by Crippen LogP contribution is -2.07. The van der Waals surface area contributed by atoms with Gasteiger partial charge in [0.05, 0.1) is 5.69 Å². The number of nitrogen functional groups attached to an aromatic ring is 1. The van der Waals surface area contributed by atoms with Crippen LogP contribution in [0.5, 0.6) is 0 Å². The number of fused-ring (bicyclic) bond motifs is 3. The van der Waals surface area contributed by atoms with Gasteiger partial charge in [0.2, 0.25) is 0 Å². The van der Waals surface area contributed by atoms with Crippen molar-refractivity contribution < 1.29 is 0 Å². The first-order valence-electron chi connectivity index (χ1n) is 5.15. The van der Waals surface area contributed by atoms with Crippen molar-refractivity contribution in [2.24, 2.45) is 0 Å². The van der Waals surface area contributed by atoms with Gasteiger partial charge in [-0.15, -0.1) is 5.10 Å². The van der Waals surface area contributed by atoms with Crippen molar-refractivity contribution in [3.63, 3.8) is 0 Å². The van der Waals surface area contributed by atoms with Gasteiger partial charge in [-0.1, -0.05) is 17.7 Å². The van der Waals surface area contributed by atoms with Crippen LogP contribution < -0.4 is 5.73 Å². The van der Waals surface area contributed by atoms with Gasteiger partial charge in [0.15, 0.2) is 5.15 Å². The van der Waals surface area contributed by atoms with Crippen molar-refractivity contribution in [1.82, 2.24) is 10.2 Å². The van der Waals surface area contributed by atoms with Crippen LogP contribution in [0.15, 0.2) is 24.3 Å². The molecule has 0 spiro atoms. The van der Waals surface area contributed by atoms with Crippen LogP contribution in [0.1, 0.15) is 11.3 Å². The molecule has 0 saturated carbocycles. The van der Waals surface area contributed by atoms with Crippen molar-refractivity contribution in [3.8, 4) is 11.1 Å². The molecule has 1 aliphatic carbocycles. The predicted octanol–water partition coefficient (Wildman–Crippen LogP) is 2.48. The predicted molar refractivity (Wildman–Crippen MR) is 64.3 cm³/mol. The number of nitrogens with zero attached hydrogens (tertiary/aromatic N) is 2. The molecule has 1 aromatic heterocycles. The summed E-state index contributed by atoms with van der Waals surface area (Å²) in [5, 5.41) is 8.42. The third-order valence-electron chi connectivity index (χ3n) is 2.90. The molecule has 16 heavy (non-hydrogen) atoms. The van der Waals surface area contributed by atoms with Gasteiger partial charge in [0.1, 0.15) is 0 Å². The molecule has 2 aromatic rings. The quantitative estimate of drug-likeness (QED) is 0.709. The fourth-order valence-corrected chi connectivity index (χ4v) is 2.27. The number of aromatic nitrogens is 2. The molecule has 0 amide bonds. The number of benzene rings is 1. The van der Waals surface area contributed by atoms with E-state index in [0.717, 1.165) is 35.3 Å². The molecular formula is C12H10ClN3. The standard InChI is InChI=1S/C12H10ClN3/c13-12-6-10-9-5-8(14)3-1-7(9)2-4-11(10)15-16-12/h1,3,5-6H,2,4,14H2. The Morgan fingerprint density at radius 3 is 2.81 bits per heavy atom. The van der Waals surface area contributed by atoms with E-state index in [1.165, 1.54) is 5.56 Å². The lowest BCUT2D eigenvalue weighted by molar-refractivity contribution is 0.846. The van der Waals surface area contributed by atoms with Crippen LogP contribution in [0.3, 0.4) is 0 Å². The van der Waals surface area contributed by atoms with Crippen LogP contribution in [-0.4, -0.2) is 10.2 Å². The van der Waals surface area contributed by atoms with E-state index in [2.05, 4.69) is 16.3 Å². The highest BCUT2D eigenvalue weighted by atomic mass is 35.5. The Morgan fingerprint density at radius 1 is 1.06 bits per heavy atom. The van der Waals surface area contributed by atoms with Crippen molar-refractivity contribution in [3.05, 3.63) is 40.7 Å². The van der Waals surface area contributed by atoms with Gasteiger partial charge in [0.25, 0.3) is 0 Å². The highest BCUT2D eigenvalue weighted by Crippen LogP contribution is 2.34. The number of nitrogens with two attached hydrogens (primary N) is 1. The zero-order valence-corrected chi connectivity index (χ0v) is 9.33. The maximum atomic E-state index is 5.88. The van der Waals surface area contributed by atoms with Crippen molar-refractivity contribution in [2.45, 2.75) is 12.8 Å². The lowest BCUT2D eigenvalue weighted by atomic mass is 9.89. The molecule has 1 aliphatic rings. The van der Waals surface area contributed by atoms with Gasteiger partial charge in [0, 0.05) is 11.3 Å². The molecule has 1 aromatic carbocycles. The first kappa shape index (κ1) is 9.60. The first-order valence-corrected chi connectivity index (χ1v) is 5.53. The molecule has 0 bridgehead atoms. The summed E-state index contributed by atoms with van der Waals surface area (Å²) in [7, 11) is 0. The SMILES string of the molecule is Nc1ccc2c(c1)-c1cc(Cl)nnc1CC2. The van der Waals surface area contributed by atoms with Crippen molar-refractivity contribution in [1.29, 1.82) is 0 Å². The second kappa shape index (κ2) is 3.46. The van der Waals surface area contributed by atoms with Crippen LogP contribution >= 0.6 is 11.6 Å². The minimum atomic E-state index is 0.425. The number of hydrogen-bond acceptors (Lipinski definition) is 3. The van der Waals surface area contributed by atoms with Gasteiger partial charge in [-0.25, -0.2) is 0 Å². The van der Waals surface area contributed by atoms with Crippen molar-refractivity contribution in [2.75, 3.05) is 5.73 Å². The monoisotopic (exact) mass is 231 g/mol. The summed E-state index contributed by atoms with van der Waals surface area (Å²) in [6.07, 6.45) is 1.90. The normalized spacial score (nSPS) is 13.1. The maximum absolute atomic E-state index is 5.88. The fraction of sp³-hybridized carbons (Fsp3) is 0.167. The molecule has 1 heterocycles. The van der Waals surface area contributed by atoms with E-state index in [1.54, 1.807) is 0 Å². The van der Waals surface area contributed by atoms with Crippen LogP contribution in [0, 0.1) is 0 Å². The minimum Gasteiger partial charge on any atom is -0.399 e. The van der Waals surface area contributed by atoms with Crippen LogP contribution in [0.4, 0.5) is 5.69 Å². The Morgan fingerprint density at radius 2 is 1.94 bits per heavy atom. The Hall–Kier alpha value is -1.61. The van der Waals surface area contributed by atoms with E-state index in [-0.39, 0.29) is 0 Å². The van der Waals surface area contributed by atoms with Gasteiger partial charge in [-0.2, -0.15) is 5.10 Å². The molecule has 3 nitrogen and oxygen atoms in total. The van der Waals surface area contributed by atoms with E-state index in [1.807, 2.05) is 18.2 Å². The summed E-state index contributed by atoms with van der Waals surface area (Å²) in [4.78, 5) is 0. The summed E-state index contributed by atoms with van der Waals surface area (Å²) in [5.41, 5.74) is 11.1. The summed E-state index contributed by atoms with van der Waals surface area (Å²) >= 11 is 5.88. The maximum Gasteiger partial charge on any atom is 0.152 e. The summed E-state index contributed by atoms with van der Waals surface area (Å²) in [6, 6.07) is 7.84. The van der Waals surface area contributed by atoms with Crippen LogP contribution in [0.2, 0.25) is 5.15 Å². The number of rotatable bonds is 0. The largest absolute Gasteiger partial charge is 0.399 e. The van der Waals surface area contributed by atoms with Gasteiger partial charge in [-0.3, -0.25) is 0 Å². The number of halogens is 1. The average Bonchev–Trinajstić information content (AvgIpc) is 2.29. The Bertz CT molecular complexity index is 515. The molecule has 3 rings (SSSR count). The molecule has 2 N–H and O–H groups in total. The van der Waals surface area contributed by atoms with E-state index < -0.39 is 0 Å². The molecule has 4 heteroatoms. The van der Waals surface area contributed by atoms with Crippen LogP contribution in [-0.2, 0) is 12.8 Å². The molecular weight excluding hydrogens is 222 g/mol. The van der Waals surface area contributed by atoms with E-state index in [0.29, 0.717) is 5.15 Å². The second-order valence-electron chi connectivity index (χ2n) is 3.94. The highest BCUT2D eigenvalue weighted by molar-refractivity contribution is 6.29. The van der Waals surface area contributed by atoms with Gasteiger partial charge in [-0.05, 0) is 42.2 Å². The Kier molecular flexibility index (Phi) is 2.07. The third kappa shape index (κ3) is 1.44. The highest BCUT2D eigenvalue weighted by Gasteiger charge is 2.18. The molecule has 80 valence electrons. The summed E-state index contributed by atoms with van der Waals surface area (Å²) < 4.78 is 0. The van der Waals surface area contributed by atoms with E-state index >= 15 is 0 Å². The Labute approximate surface area is 98.3 Å². The zero-order valence-electron chi connectivity index (χ0n) is 8.57. The Balaban J connectivity index is 2.28. The smallest absolute Gasteiger partial charge is 0.152 e. The first-order chi connectivity index (χ1) is 7.74. The number of aryl methyl sites for hydroxylation is 2. The van der Waals surface area contributed by atoms with Gasteiger partial charge < -0.3 is 5.73 Å². The fourth-order valence-electron chi connectivity index (χ4n) is 2.13. The molecule has 0 fully saturated rings. The number of hydrogen-bond donors (Lipinski definition) is 1. The molecule has 0 unspecified atom stereocenters. The lowest BCUT2D eigenvalue weighted by Gasteiger charge is -2.18. The van der Waals surface area contributed by atoms with E-state index in [9.17, 15) is 0 Å². The van der Waals surface area contributed by atoms with Crippen molar-refractivity contribution >= 4 is 17.3 Å². The van der Waals surface area contributed by atoms with E-state index in [4.69, 9.17) is 17.3 Å². The second-order valence-corrected chi connectivity index (χ2v) is 4.33. The molecule has 0 aliphatic heterocycles. The van der Waals surface area contributed by atoms with Crippen LogP contribution in [0.25, 0.3) is 11.1 Å². The zero-order chi connectivity index (χ0) is 11.1. The molecule has 0 radical (unpaired) electrons. The summed E-state index contributed by atoms with van der Waals surface area (Å²) in [6.45, 7) is 0. The average molecular weight is 232 g/mol. The molecule has 0 saturated heterocycles. The summed E-state index contributed by atoms with van der Waals surface area (Å²) in [5.74, 6) is 0. The van der Waals surface area contributed by atoms with Gasteiger partial charge >= 0.3 is 0 Å².